The number of ether oxygens (including phenoxy) is 1. The van der Waals surface area contributed by atoms with Crippen molar-refractivity contribution in [1.82, 2.24) is 0 Å². The van der Waals surface area contributed by atoms with Crippen molar-refractivity contribution < 1.29 is 21.9 Å². The van der Waals surface area contributed by atoms with E-state index in [0.29, 0.717) is 5.56 Å². The van der Waals surface area contributed by atoms with Gasteiger partial charge in [0.1, 0.15) is 11.4 Å². The summed E-state index contributed by atoms with van der Waals surface area (Å²) < 4.78 is 57.6. The van der Waals surface area contributed by atoms with Crippen molar-refractivity contribution in [3.05, 3.63) is 76.6 Å². The lowest BCUT2D eigenvalue weighted by molar-refractivity contribution is 0.00488. The molecule has 1 aliphatic heterocycles. The van der Waals surface area contributed by atoms with Crippen molar-refractivity contribution >= 4 is 21.2 Å². The van der Waals surface area contributed by atoms with E-state index in [9.17, 15) is 17.2 Å². The minimum absolute atomic E-state index is 0.0281. The third kappa shape index (κ3) is 2.99. The van der Waals surface area contributed by atoms with Gasteiger partial charge in [-0.1, -0.05) is 18.2 Å². The van der Waals surface area contributed by atoms with Crippen LogP contribution in [0.2, 0.25) is 0 Å². The van der Waals surface area contributed by atoms with Gasteiger partial charge >= 0.3 is 0 Å². The number of halogens is 2. The van der Waals surface area contributed by atoms with Crippen LogP contribution in [-0.4, -0.2) is 14.0 Å². The van der Waals surface area contributed by atoms with Gasteiger partial charge in [-0.15, -0.1) is 0 Å². The molecule has 5 rings (SSSR count). The summed E-state index contributed by atoms with van der Waals surface area (Å²) in [5, 5.41) is 5.24. The van der Waals surface area contributed by atoms with Crippen molar-refractivity contribution in [2.24, 2.45) is 5.14 Å². The molecule has 2 aromatic rings. The third-order valence-electron chi connectivity index (χ3n) is 6.35. The highest BCUT2D eigenvalue weighted by Crippen LogP contribution is 2.59. The summed E-state index contributed by atoms with van der Waals surface area (Å²) in [6.45, 7) is 0. The van der Waals surface area contributed by atoms with E-state index in [0.717, 1.165) is 67.1 Å². The molecule has 0 saturated heterocycles. The summed E-state index contributed by atoms with van der Waals surface area (Å²) in [6, 6.07) is 10.3. The Morgan fingerprint density at radius 1 is 0.900 bits per heavy atom. The Bertz CT molecular complexity index is 1200. The number of nitrogens with two attached hydrogens (primary N) is 1. The van der Waals surface area contributed by atoms with Crippen molar-refractivity contribution in [3.63, 3.8) is 0 Å². The lowest BCUT2D eigenvalue weighted by atomic mass is 9.71. The summed E-state index contributed by atoms with van der Waals surface area (Å²) in [5.74, 6) is -1.03. The molecule has 7 heteroatoms. The lowest BCUT2D eigenvalue weighted by Crippen LogP contribution is -2.38. The smallest absolute Gasteiger partial charge is 0.238 e. The van der Waals surface area contributed by atoms with E-state index in [1.54, 1.807) is 18.2 Å². The Labute approximate surface area is 174 Å². The molecule has 1 heterocycles. The van der Waals surface area contributed by atoms with Crippen LogP contribution < -0.4 is 5.14 Å². The van der Waals surface area contributed by atoms with Gasteiger partial charge in [0, 0.05) is 11.1 Å². The van der Waals surface area contributed by atoms with Crippen molar-refractivity contribution in [1.29, 1.82) is 0 Å². The Morgan fingerprint density at radius 2 is 1.57 bits per heavy atom. The highest BCUT2D eigenvalue weighted by atomic mass is 32.2. The van der Waals surface area contributed by atoms with Crippen LogP contribution in [0, 0.1) is 11.6 Å². The molecule has 1 spiro atoms. The van der Waals surface area contributed by atoms with Crippen molar-refractivity contribution in [2.75, 3.05) is 0 Å². The first kappa shape index (κ1) is 19.5. The topological polar surface area (TPSA) is 69.4 Å². The molecule has 156 valence electrons. The summed E-state index contributed by atoms with van der Waals surface area (Å²) in [5.41, 5.74) is 3.75. The van der Waals surface area contributed by atoms with Crippen molar-refractivity contribution in [2.45, 2.75) is 49.0 Å². The summed E-state index contributed by atoms with van der Waals surface area (Å²) in [7, 11) is -3.81. The van der Waals surface area contributed by atoms with Gasteiger partial charge in [0.2, 0.25) is 10.0 Å². The molecule has 4 nitrogen and oxygen atoms in total. The van der Waals surface area contributed by atoms with E-state index in [2.05, 4.69) is 0 Å². The summed E-state index contributed by atoms with van der Waals surface area (Å²) in [4.78, 5) is 0.0281. The normalized spacial score (nSPS) is 20.2. The Morgan fingerprint density at radius 3 is 2.07 bits per heavy atom. The first-order valence-corrected chi connectivity index (χ1v) is 11.6. The number of allylic oxidation sites excluding steroid dienone is 2. The first-order chi connectivity index (χ1) is 14.3. The van der Waals surface area contributed by atoms with Gasteiger partial charge < -0.3 is 4.74 Å². The fourth-order valence-corrected chi connectivity index (χ4v) is 4.98. The summed E-state index contributed by atoms with van der Waals surface area (Å²) >= 11 is 0. The molecule has 0 atom stereocenters. The molecule has 0 aromatic heterocycles. The van der Waals surface area contributed by atoms with E-state index < -0.39 is 27.3 Å². The van der Waals surface area contributed by atoms with Gasteiger partial charge in [0.25, 0.3) is 0 Å². The second-order valence-electron chi connectivity index (χ2n) is 8.18. The number of benzene rings is 2. The van der Waals surface area contributed by atoms with E-state index in [1.165, 1.54) is 23.8 Å². The van der Waals surface area contributed by atoms with Crippen LogP contribution in [0.3, 0.4) is 0 Å². The molecule has 3 aliphatic rings. The van der Waals surface area contributed by atoms with Gasteiger partial charge in [0.05, 0.1) is 4.90 Å². The van der Waals surface area contributed by atoms with Gasteiger partial charge in [0.15, 0.2) is 11.6 Å². The average molecular weight is 429 g/mol. The van der Waals surface area contributed by atoms with Crippen LogP contribution in [-0.2, 0) is 14.8 Å². The molecule has 30 heavy (non-hydrogen) atoms. The standard InChI is InChI=1S/C23H21F2NO3S/c24-18-10-7-16(13-19(18)25)20-21(14-5-8-17(9-6-14)30(26,27)28)23(11-2-12-23)29-22(20)15-3-1-4-15/h5-10,13H,1-4,11-12H2,(H2,26,27,28). The zero-order chi connectivity index (χ0) is 21.1. The van der Waals surface area contributed by atoms with Crippen LogP contribution in [0.15, 0.2) is 58.7 Å². The predicted molar refractivity (Wildman–Crippen MR) is 110 cm³/mol. The van der Waals surface area contributed by atoms with Crippen molar-refractivity contribution in [3.8, 4) is 0 Å². The molecular weight excluding hydrogens is 408 g/mol. The minimum Gasteiger partial charge on any atom is -0.482 e. The molecule has 2 saturated carbocycles. The molecule has 0 bridgehead atoms. The SMILES string of the molecule is NS(=O)(=O)c1ccc(C2=C(c3ccc(F)c(F)c3)C(=C3CCC3)OC23CCC3)cc1. The van der Waals surface area contributed by atoms with Crippen LogP contribution in [0.5, 0.6) is 0 Å². The Hall–Kier alpha value is -2.51. The zero-order valence-corrected chi connectivity index (χ0v) is 17.1. The molecule has 0 unspecified atom stereocenters. The average Bonchev–Trinajstić information content (AvgIpc) is 2.98. The maximum Gasteiger partial charge on any atom is 0.238 e. The maximum absolute atomic E-state index is 14.1. The zero-order valence-electron chi connectivity index (χ0n) is 16.3. The molecule has 0 radical (unpaired) electrons. The number of hydrogen-bond acceptors (Lipinski definition) is 3. The Kier molecular flexibility index (Phi) is 4.38. The summed E-state index contributed by atoms with van der Waals surface area (Å²) in [6.07, 6.45) is 5.59. The van der Waals surface area contributed by atoms with Crippen LogP contribution in [0.4, 0.5) is 8.78 Å². The first-order valence-electron chi connectivity index (χ1n) is 10.0. The van der Waals surface area contributed by atoms with Crippen LogP contribution in [0.1, 0.15) is 49.7 Å². The van der Waals surface area contributed by atoms with Gasteiger partial charge in [-0.05, 0) is 79.5 Å². The molecule has 2 N–H and O–H groups in total. The quantitative estimate of drug-likeness (QED) is 0.753. The molecule has 2 aromatic carbocycles. The second-order valence-corrected chi connectivity index (χ2v) is 9.75. The molecular formula is C23H21F2NO3S. The minimum atomic E-state index is -3.81. The molecule has 0 amide bonds. The van der Waals surface area contributed by atoms with E-state index >= 15 is 0 Å². The number of hydrogen-bond donors (Lipinski definition) is 1. The number of rotatable bonds is 3. The molecule has 2 fully saturated rings. The lowest BCUT2D eigenvalue weighted by Gasteiger charge is -2.40. The van der Waals surface area contributed by atoms with E-state index in [4.69, 9.17) is 9.88 Å². The molecule has 2 aliphatic carbocycles. The third-order valence-corrected chi connectivity index (χ3v) is 7.28. The highest BCUT2D eigenvalue weighted by molar-refractivity contribution is 7.89. The van der Waals surface area contributed by atoms with Gasteiger partial charge in [-0.25, -0.2) is 22.3 Å². The van der Waals surface area contributed by atoms with Crippen LogP contribution in [0.25, 0.3) is 11.1 Å². The van der Waals surface area contributed by atoms with Crippen LogP contribution >= 0.6 is 0 Å². The monoisotopic (exact) mass is 429 g/mol. The largest absolute Gasteiger partial charge is 0.482 e. The number of primary sulfonamides is 1. The highest BCUT2D eigenvalue weighted by Gasteiger charge is 2.51. The van der Waals surface area contributed by atoms with E-state index in [-0.39, 0.29) is 4.90 Å². The van der Waals surface area contributed by atoms with E-state index in [1.807, 2.05) is 0 Å². The Balaban J connectivity index is 1.75. The number of sulfonamides is 1. The maximum atomic E-state index is 14.1. The fraction of sp³-hybridized carbons (Fsp3) is 0.304. The fourth-order valence-electron chi connectivity index (χ4n) is 4.46. The predicted octanol–water partition coefficient (Wildman–Crippen LogP) is 4.91. The van der Waals surface area contributed by atoms with Gasteiger partial charge in [-0.2, -0.15) is 0 Å². The van der Waals surface area contributed by atoms with Gasteiger partial charge in [-0.3, -0.25) is 0 Å². The second kappa shape index (κ2) is 6.75.